The lowest BCUT2D eigenvalue weighted by Crippen LogP contribution is -2.35. The van der Waals surface area contributed by atoms with E-state index in [9.17, 15) is 18.0 Å². The van der Waals surface area contributed by atoms with Gasteiger partial charge < -0.3 is 25.6 Å². The summed E-state index contributed by atoms with van der Waals surface area (Å²) >= 11 is 0. The van der Waals surface area contributed by atoms with Crippen molar-refractivity contribution >= 4 is 73.0 Å². The molecule has 0 aliphatic heterocycles. The first-order valence-electron chi connectivity index (χ1n) is 12.6. The normalized spacial score (nSPS) is 12.0. The van der Waals surface area contributed by atoms with E-state index in [1.807, 2.05) is 44.1 Å². The highest BCUT2D eigenvalue weighted by molar-refractivity contribution is 8.78. The maximum absolute atomic E-state index is 13.0. The van der Waals surface area contributed by atoms with E-state index >= 15 is 0 Å². The number of nitrogens with one attached hydrogen (secondary N) is 2. The first kappa shape index (κ1) is 35.9. The zero-order chi connectivity index (χ0) is 29.0. The van der Waals surface area contributed by atoms with Crippen LogP contribution in [0.3, 0.4) is 0 Å². The lowest BCUT2D eigenvalue weighted by atomic mass is 10.1. The predicted octanol–water partition coefficient (Wildman–Crippen LogP) is 4.16. The van der Waals surface area contributed by atoms with E-state index in [2.05, 4.69) is 23.9 Å². The maximum Gasteiger partial charge on any atom is 0.407 e. The van der Waals surface area contributed by atoms with Crippen LogP contribution >= 0.6 is 34.0 Å². The molecule has 2 aromatic rings. The quantitative estimate of drug-likeness (QED) is 0.141. The number of hydrogen-bond donors (Lipinski definition) is 3. The van der Waals surface area contributed by atoms with Gasteiger partial charge in [0.25, 0.3) is 0 Å². The molecular weight excluding hydrogens is 594 g/mol. The summed E-state index contributed by atoms with van der Waals surface area (Å²) in [4.78, 5) is 28.2. The molecule has 4 N–H and O–H groups in total. The van der Waals surface area contributed by atoms with Gasteiger partial charge in [0.2, 0.25) is 16.4 Å². The van der Waals surface area contributed by atoms with Crippen molar-refractivity contribution in [3.05, 3.63) is 47.0 Å². The van der Waals surface area contributed by atoms with Crippen molar-refractivity contribution < 1.29 is 22.7 Å². The van der Waals surface area contributed by atoms with E-state index in [-0.39, 0.29) is 37.0 Å². The Hall–Kier alpha value is -2.16. The summed E-state index contributed by atoms with van der Waals surface area (Å²) in [5.41, 5.74) is 7.30. The Morgan fingerprint density at radius 3 is 2.42 bits per heavy atom. The summed E-state index contributed by atoms with van der Waals surface area (Å²) in [6.07, 6.45) is 0.528. The number of halogens is 1. The van der Waals surface area contributed by atoms with E-state index in [1.54, 1.807) is 44.7 Å². The van der Waals surface area contributed by atoms with Crippen LogP contribution in [0.15, 0.2) is 51.9 Å². The Morgan fingerprint density at radius 1 is 1.12 bits per heavy atom. The number of nitrogens with two attached hydrogens (primary N) is 1. The third kappa shape index (κ3) is 10.7. The van der Waals surface area contributed by atoms with Gasteiger partial charge >= 0.3 is 6.09 Å². The van der Waals surface area contributed by atoms with Gasteiger partial charge in [-0.15, -0.1) is 12.4 Å². The molecular formula is C26H40ClN5O5S3. The van der Waals surface area contributed by atoms with Crippen LogP contribution in [0, 0.1) is 0 Å². The van der Waals surface area contributed by atoms with Crippen LogP contribution in [-0.2, 0) is 19.6 Å². The molecule has 2 rings (SSSR count). The molecule has 0 fully saturated rings. The number of benzene rings is 2. The number of hydrogen-bond acceptors (Lipinski definition) is 9. The molecule has 0 radical (unpaired) electrons. The molecule has 0 aliphatic rings. The molecule has 0 aromatic heterocycles. The molecule has 0 atom stereocenters. The molecule has 2 amide bonds. The Balaban J connectivity index is 0.00000800. The maximum atomic E-state index is 13.0. The number of alkyl carbamates (subject to hydrolysis) is 1. The number of carbonyl (C=O) groups excluding carboxylic acids is 2. The molecule has 0 aliphatic carbocycles. The zero-order valence-corrected chi connectivity index (χ0v) is 26.8. The van der Waals surface area contributed by atoms with E-state index in [1.165, 1.54) is 0 Å². The SMILES string of the molecule is CC(=C(CCOC(=O)NCCNS(=O)(=O)c1cccc2c(N(C)C)cccc12)SSC(C)C)N(C=O)CCN.Cl. The fraction of sp³-hybridized carbons (Fsp3) is 0.462. The Kier molecular flexibility index (Phi) is 15.8. The fourth-order valence-corrected chi connectivity index (χ4v) is 7.14. The van der Waals surface area contributed by atoms with Gasteiger partial charge in [0, 0.05) is 79.0 Å². The molecule has 0 saturated carbocycles. The van der Waals surface area contributed by atoms with Crippen molar-refractivity contribution in [2.45, 2.75) is 37.3 Å². The first-order valence-corrected chi connectivity index (χ1v) is 16.3. The molecule has 0 spiro atoms. The molecule has 0 unspecified atom stereocenters. The van der Waals surface area contributed by atoms with Crippen LogP contribution in [0.5, 0.6) is 0 Å². The molecule has 224 valence electrons. The fourth-order valence-electron chi connectivity index (χ4n) is 3.64. The number of carbonyl (C=O) groups is 2. The highest BCUT2D eigenvalue weighted by atomic mass is 35.5. The van der Waals surface area contributed by atoms with Crippen molar-refractivity contribution in [1.82, 2.24) is 14.9 Å². The summed E-state index contributed by atoms with van der Waals surface area (Å²) < 4.78 is 33.8. The number of anilines is 1. The average Bonchev–Trinajstić information content (AvgIpc) is 2.90. The summed E-state index contributed by atoms with van der Waals surface area (Å²) in [6.45, 7) is 6.89. The van der Waals surface area contributed by atoms with Gasteiger partial charge in [0.15, 0.2) is 0 Å². The number of allylic oxidation sites excluding steroid dienone is 1. The summed E-state index contributed by atoms with van der Waals surface area (Å²) in [5, 5.41) is 4.39. The smallest absolute Gasteiger partial charge is 0.407 e. The number of fused-ring (bicyclic) bond motifs is 1. The molecule has 0 heterocycles. The van der Waals surface area contributed by atoms with Crippen LogP contribution in [0.1, 0.15) is 27.2 Å². The second kappa shape index (κ2) is 17.6. The average molecular weight is 634 g/mol. The third-order valence-corrected chi connectivity index (χ3v) is 10.3. The van der Waals surface area contributed by atoms with Crippen LogP contribution in [0.25, 0.3) is 10.8 Å². The van der Waals surface area contributed by atoms with Gasteiger partial charge in [-0.2, -0.15) is 0 Å². The Labute approximate surface area is 251 Å². The molecule has 2 aromatic carbocycles. The molecule has 10 nitrogen and oxygen atoms in total. The molecule has 0 saturated heterocycles. The number of sulfonamides is 1. The number of ether oxygens (including phenoxy) is 1. The van der Waals surface area contributed by atoms with Crippen molar-refractivity contribution in [2.24, 2.45) is 5.73 Å². The number of rotatable bonds is 16. The third-order valence-electron chi connectivity index (χ3n) is 5.55. The summed E-state index contributed by atoms with van der Waals surface area (Å²) in [7, 11) is 3.20. The van der Waals surface area contributed by atoms with Crippen molar-refractivity contribution in [3.63, 3.8) is 0 Å². The Morgan fingerprint density at radius 2 is 1.80 bits per heavy atom. The van der Waals surface area contributed by atoms with E-state index in [4.69, 9.17) is 10.5 Å². The summed E-state index contributed by atoms with van der Waals surface area (Å²) in [5.74, 6) is 0. The van der Waals surface area contributed by atoms with Crippen LogP contribution in [0.2, 0.25) is 0 Å². The van der Waals surface area contributed by atoms with Gasteiger partial charge in [-0.1, -0.05) is 59.7 Å². The van der Waals surface area contributed by atoms with Crippen molar-refractivity contribution in [2.75, 3.05) is 51.8 Å². The molecule has 40 heavy (non-hydrogen) atoms. The number of nitrogens with zero attached hydrogens (tertiary/aromatic N) is 2. The largest absolute Gasteiger partial charge is 0.449 e. The number of amides is 2. The van der Waals surface area contributed by atoms with Gasteiger partial charge in [-0.3, -0.25) is 4.79 Å². The standard InChI is InChI=1S/C26H39N5O5S3.ClH/c1-19(2)37-38-24(20(3)31(18-32)16-13-27)12-17-36-26(33)28-14-15-29-39(34,35)25-11-7-8-21-22(25)9-6-10-23(21)30(4)5;/h6-11,18-19,29H,12-17,27H2,1-5H3,(H,28,33);1H. The highest BCUT2D eigenvalue weighted by Crippen LogP contribution is 2.37. The second-order valence-corrected chi connectivity index (χ2v) is 13.7. The Bertz CT molecular complexity index is 1260. The van der Waals surface area contributed by atoms with E-state index in [0.717, 1.165) is 28.1 Å². The van der Waals surface area contributed by atoms with Gasteiger partial charge in [0.1, 0.15) is 0 Å². The lowest BCUT2D eigenvalue weighted by molar-refractivity contribution is -0.116. The van der Waals surface area contributed by atoms with E-state index < -0.39 is 16.1 Å². The topological polar surface area (TPSA) is 134 Å². The monoisotopic (exact) mass is 633 g/mol. The minimum absolute atomic E-state index is 0. The van der Waals surface area contributed by atoms with Gasteiger partial charge in [-0.25, -0.2) is 17.9 Å². The minimum atomic E-state index is -3.81. The summed E-state index contributed by atoms with van der Waals surface area (Å²) in [6, 6.07) is 10.7. The van der Waals surface area contributed by atoms with Gasteiger partial charge in [0.05, 0.1) is 11.5 Å². The predicted molar refractivity (Wildman–Crippen MR) is 170 cm³/mol. The van der Waals surface area contributed by atoms with Crippen LogP contribution in [0.4, 0.5) is 10.5 Å². The van der Waals surface area contributed by atoms with Crippen molar-refractivity contribution in [1.29, 1.82) is 0 Å². The van der Waals surface area contributed by atoms with Crippen molar-refractivity contribution in [3.8, 4) is 0 Å². The minimum Gasteiger partial charge on any atom is -0.449 e. The molecule has 14 heteroatoms. The van der Waals surface area contributed by atoms with Crippen LogP contribution in [-0.4, -0.2) is 78.0 Å². The highest BCUT2D eigenvalue weighted by Gasteiger charge is 2.18. The van der Waals surface area contributed by atoms with Crippen LogP contribution < -0.4 is 20.7 Å². The second-order valence-electron chi connectivity index (χ2n) is 9.06. The zero-order valence-electron chi connectivity index (χ0n) is 23.5. The first-order chi connectivity index (χ1) is 18.5. The van der Waals surface area contributed by atoms with Gasteiger partial charge in [-0.05, 0) is 19.1 Å². The van der Waals surface area contributed by atoms with E-state index in [0.29, 0.717) is 30.1 Å². The lowest BCUT2D eigenvalue weighted by Gasteiger charge is -2.21. The molecule has 0 bridgehead atoms.